The van der Waals surface area contributed by atoms with E-state index in [4.69, 9.17) is 9.05 Å². The molecule has 1 aliphatic heterocycles. The third-order valence-electron chi connectivity index (χ3n) is 5.19. The molecule has 0 amide bonds. The van der Waals surface area contributed by atoms with Gasteiger partial charge in [-0.2, -0.15) is 0 Å². The first kappa shape index (κ1) is 20.6. The zero-order chi connectivity index (χ0) is 22.1. The highest BCUT2D eigenvalue weighted by Crippen LogP contribution is 2.58. The van der Waals surface area contributed by atoms with Crippen molar-refractivity contribution in [2.24, 2.45) is 0 Å². The molecule has 5 heterocycles. The number of rotatable bonds is 5. The lowest BCUT2D eigenvalue weighted by molar-refractivity contribution is 0.230. The average molecular weight is 448 g/mol. The van der Waals surface area contributed by atoms with Gasteiger partial charge in [0.1, 0.15) is 5.31 Å². The number of aromatic nitrogens is 4. The Labute approximate surface area is 184 Å². The lowest BCUT2D eigenvalue weighted by atomic mass is 10.3. The van der Waals surface area contributed by atoms with E-state index in [9.17, 15) is 4.57 Å². The molecule has 4 aromatic heterocycles. The lowest BCUT2D eigenvalue weighted by Crippen LogP contribution is -2.16. The van der Waals surface area contributed by atoms with Crippen LogP contribution in [0.1, 0.15) is 36.6 Å². The fraction of sp³-hybridized carbons (Fsp3) is 0.167. The largest absolute Gasteiger partial charge is 0.365 e. The van der Waals surface area contributed by atoms with Gasteiger partial charge in [-0.05, 0) is 80.6 Å². The molecule has 0 atom stereocenters. The minimum atomic E-state index is -3.58. The molecule has 0 saturated carbocycles. The van der Waals surface area contributed by atoms with E-state index in [1.54, 1.807) is 0 Å². The van der Waals surface area contributed by atoms with E-state index in [0.717, 1.165) is 33.1 Å². The summed E-state index contributed by atoms with van der Waals surface area (Å²) in [6, 6.07) is 15.8. The van der Waals surface area contributed by atoms with Crippen molar-refractivity contribution >= 4 is 31.1 Å². The molecule has 0 unspecified atom stereocenters. The molecule has 0 aliphatic carbocycles. The third kappa shape index (κ3) is 3.98. The topological polar surface area (TPSA) is 98.7 Å². The first-order valence-corrected chi connectivity index (χ1v) is 12.2. The maximum atomic E-state index is 13.9. The van der Waals surface area contributed by atoms with Crippen LogP contribution in [-0.2, 0) is 13.6 Å². The van der Waals surface area contributed by atoms with Crippen molar-refractivity contribution in [1.29, 1.82) is 0 Å². The minimum Gasteiger partial charge on any atom is -0.355 e. The summed E-state index contributed by atoms with van der Waals surface area (Å²) in [6.45, 7) is 4.17. The van der Waals surface area contributed by atoms with Crippen molar-refractivity contribution in [1.82, 2.24) is 19.9 Å². The van der Waals surface area contributed by atoms with Crippen LogP contribution in [0.4, 0.5) is 0 Å². The van der Waals surface area contributed by atoms with Crippen LogP contribution in [0.15, 0.2) is 48.5 Å². The summed E-state index contributed by atoms with van der Waals surface area (Å²) in [6.07, 6.45) is 6.07. The van der Waals surface area contributed by atoms with Crippen molar-refractivity contribution in [3.8, 4) is 0 Å². The predicted octanol–water partition coefficient (Wildman–Crippen LogP) is 2.22. The van der Waals surface area contributed by atoms with Crippen LogP contribution in [-0.4, -0.2) is 33.1 Å². The molecule has 8 bridgehead atoms. The number of hydrogen-bond donors (Lipinski definition) is 4. The van der Waals surface area contributed by atoms with Gasteiger partial charge in [-0.3, -0.25) is 4.57 Å². The minimum absolute atomic E-state index is 0.271. The maximum absolute atomic E-state index is 13.9. The molecule has 5 rings (SSSR count). The Balaban J connectivity index is 1.82. The standard InChI is InChI=1S/C24H25N4O3P/c1-3-30-32(29,31-4-2)24-22-11-9-20(27-22)14-18-7-5-16(25-18)13-17-6-8-19(26-17)15-21-10-12-23(24)28-21/h5-15,25-28H,3-4H2,1-2H3. The van der Waals surface area contributed by atoms with E-state index in [-0.39, 0.29) is 13.2 Å². The Morgan fingerprint density at radius 2 is 1.19 bits per heavy atom. The van der Waals surface area contributed by atoms with E-state index in [1.165, 1.54) is 0 Å². The van der Waals surface area contributed by atoms with Crippen LogP contribution in [0.3, 0.4) is 0 Å². The van der Waals surface area contributed by atoms with Gasteiger partial charge < -0.3 is 29.0 Å². The van der Waals surface area contributed by atoms with Crippen LogP contribution in [0.5, 0.6) is 0 Å². The Morgan fingerprint density at radius 1 is 0.656 bits per heavy atom. The molecular formula is C24H25N4O3P. The van der Waals surface area contributed by atoms with Crippen molar-refractivity contribution in [3.05, 3.63) is 92.7 Å². The van der Waals surface area contributed by atoms with Gasteiger partial charge in [0.05, 0.1) is 24.3 Å². The molecule has 0 radical (unpaired) electrons. The van der Waals surface area contributed by atoms with Gasteiger partial charge in [0, 0.05) is 33.1 Å². The van der Waals surface area contributed by atoms with Gasteiger partial charge >= 0.3 is 7.60 Å². The van der Waals surface area contributed by atoms with Crippen molar-refractivity contribution < 1.29 is 13.6 Å². The molecule has 4 N–H and O–H groups in total. The van der Waals surface area contributed by atoms with Gasteiger partial charge in [0.15, 0.2) is 0 Å². The van der Waals surface area contributed by atoms with Gasteiger partial charge in [-0.1, -0.05) is 0 Å². The lowest BCUT2D eigenvalue weighted by Gasteiger charge is -2.19. The smallest absolute Gasteiger partial charge is 0.355 e. The average Bonchev–Trinajstić information content (AvgIpc) is 3.54. The molecule has 0 spiro atoms. The number of hydrogen-bond acceptors (Lipinski definition) is 3. The zero-order valence-corrected chi connectivity index (χ0v) is 18.8. The van der Waals surface area contributed by atoms with E-state index >= 15 is 0 Å². The molecule has 0 aromatic carbocycles. The molecule has 0 saturated heterocycles. The second-order valence-corrected chi connectivity index (χ2v) is 9.47. The predicted molar refractivity (Wildman–Crippen MR) is 126 cm³/mol. The fourth-order valence-electron chi connectivity index (χ4n) is 3.91. The fourth-order valence-corrected chi connectivity index (χ4v) is 5.78. The Bertz CT molecular complexity index is 1540. The highest BCUT2D eigenvalue weighted by molar-refractivity contribution is 7.65. The highest BCUT2D eigenvalue weighted by atomic mass is 31.2. The van der Waals surface area contributed by atoms with Crippen LogP contribution in [0.2, 0.25) is 0 Å². The molecule has 1 aliphatic rings. The van der Waals surface area contributed by atoms with Gasteiger partial charge in [-0.25, -0.2) is 0 Å². The maximum Gasteiger partial charge on any atom is 0.365 e. The number of H-pyrrole nitrogens is 4. The van der Waals surface area contributed by atoms with Gasteiger partial charge in [0.2, 0.25) is 0 Å². The van der Waals surface area contributed by atoms with Crippen molar-refractivity contribution in [3.63, 3.8) is 0 Å². The molecule has 7 nitrogen and oxygen atoms in total. The summed E-state index contributed by atoms with van der Waals surface area (Å²) in [5, 5.41) is 3.99. The summed E-state index contributed by atoms with van der Waals surface area (Å²) in [4.78, 5) is 13.5. The van der Waals surface area contributed by atoms with Crippen molar-refractivity contribution in [2.45, 2.75) is 13.8 Å². The highest BCUT2D eigenvalue weighted by Gasteiger charge is 2.33. The van der Waals surface area contributed by atoms with Crippen molar-refractivity contribution in [2.75, 3.05) is 13.2 Å². The summed E-state index contributed by atoms with van der Waals surface area (Å²) in [5.74, 6) is 0. The van der Waals surface area contributed by atoms with E-state index in [2.05, 4.69) is 26.0 Å². The molecule has 0 fully saturated rings. The molecule has 32 heavy (non-hydrogen) atoms. The second kappa shape index (κ2) is 8.36. The Kier molecular flexibility index (Phi) is 5.39. The van der Waals surface area contributed by atoms with Crippen LogP contribution in [0.25, 0.3) is 23.5 Å². The van der Waals surface area contributed by atoms with Gasteiger partial charge in [-0.15, -0.1) is 0 Å². The number of aromatic amines is 4. The summed E-state index contributed by atoms with van der Waals surface area (Å²) in [7, 11) is -3.58. The zero-order valence-electron chi connectivity index (χ0n) is 17.9. The van der Waals surface area contributed by atoms with Crippen LogP contribution in [0, 0.1) is 0 Å². The monoisotopic (exact) mass is 448 g/mol. The summed E-state index contributed by atoms with van der Waals surface area (Å²) < 4.78 is 25.3. The molecular weight excluding hydrogens is 423 g/mol. The normalized spacial score (nSPS) is 13.4. The number of nitrogens with one attached hydrogen (secondary N) is 4. The quantitative estimate of drug-likeness (QED) is 0.353. The van der Waals surface area contributed by atoms with Crippen LogP contribution >= 0.6 is 7.60 Å². The van der Waals surface area contributed by atoms with E-state index in [0.29, 0.717) is 16.4 Å². The van der Waals surface area contributed by atoms with E-state index in [1.807, 2.05) is 74.5 Å². The third-order valence-corrected chi connectivity index (χ3v) is 7.42. The second-order valence-electron chi connectivity index (χ2n) is 7.51. The van der Waals surface area contributed by atoms with Crippen LogP contribution < -0.4 is 21.4 Å². The summed E-state index contributed by atoms with van der Waals surface area (Å²) >= 11 is 0. The molecule has 4 aromatic rings. The Morgan fingerprint density at radius 3 is 1.81 bits per heavy atom. The Hall–Kier alpha value is -3.25. The number of fused-ring (bicyclic) bond motifs is 8. The SMILES string of the molecule is CCOP(=O)(OCC)C1=c2ccc([nH]2)=Cc2ccc([nH]2)C=c2ccc([nH]2)=Cc2ccc1[nH]2. The first-order chi connectivity index (χ1) is 15.6. The van der Waals surface area contributed by atoms with Gasteiger partial charge in [0.25, 0.3) is 0 Å². The molecule has 164 valence electrons. The first-order valence-electron chi connectivity index (χ1n) is 10.6. The van der Waals surface area contributed by atoms with E-state index < -0.39 is 7.60 Å². The molecule has 8 heteroatoms. The summed E-state index contributed by atoms with van der Waals surface area (Å²) in [5.41, 5.74) is 3.51.